The molecule has 6 nitrogen and oxygen atoms in total. The Kier molecular flexibility index (Phi) is 7.97. The van der Waals surface area contributed by atoms with Gasteiger partial charge in [-0.25, -0.2) is 0 Å². The summed E-state index contributed by atoms with van der Waals surface area (Å²) in [5.74, 6) is -0.409. The van der Waals surface area contributed by atoms with Crippen LogP contribution in [0.15, 0.2) is 24.3 Å². The standard InChI is InChI=1S/C19H26F2N2O4/c1-22(11-15-4-7-16(8-5-15)27-19(20)21)17(24)13-23-10-2-3-14(12-23)6-9-18(25)26/h4-5,7-8,14,19H,2-3,6,9-13H2,1H3,(H,25,26). The first-order valence-corrected chi connectivity index (χ1v) is 9.05. The summed E-state index contributed by atoms with van der Waals surface area (Å²) in [5.41, 5.74) is 0.824. The van der Waals surface area contributed by atoms with Gasteiger partial charge in [0, 0.05) is 26.6 Å². The molecule has 1 aromatic rings. The first-order chi connectivity index (χ1) is 12.8. The summed E-state index contributed by atoms with van der Waals surface area (Å²) >= 11 is 0. The number of likely N-dealkylation sites (tertiary alicyclic amines) is 1. The molecule has 1 saturated heterocycles. The van der Waals surface area contributed by atoms with Crippen LogP contribution in [0.2, 0.25) is 0 Å². The number of amides is 1. The Bertz CT molecular complexity index is 625. The topological polar surface area (TPSA) is 70.1 Å². The maximum atomic E-state index is 12.5. The minimum absolute atomic E-state index is 0.0261. The molecule has 8 heteroatoms. The summed E-state index contributed by atoms with van der Waals surface area (Å²) in [6.45, 7) is -0.601. The molecule has 1 heterocycles. The van der Waals surface area contributed by atoms with E-state index in [1.54, 1.807) is 24.1 Å². The van der Waals surface area contributed by atoms with E-state index in [-0.39, 0.29) is 18.1 Å². The summed E-state index contributed by atoms with van der Waals surface area (Å²) in [7, 11) is 1.71. The van der Waals surface area contributed by atoms with Crippen LogP contribution in [0.25, 0.3) is 0 Å². The number of carboxylic acid groups (broad SMARTS) is 1. The van der Waals surface area contributed by atoms with Gasteiger partial charge in [-0.05, 0) is 49.4 Å². The Hall–Kier alpha value is -2.22. The fourth-order valence-electron chi connectivity index (χ4n) is 3.31. The lowest BCUT2D eigenvalue weighted by molar-refractivity contribution is -0.137. The number of alkyl halides is 2. The second kappa shape index (κ2) is 10.2. The van der Waals surface area contributed by atoms with Crippen molar-refractivity contribution >= 4 is 11.9 Å². The Balaban J connectivity index is 1.80. The molecule has 0 aliphatic carbocycles. The van der Waals surface area contributed by atoms with E-state index in [2.05, 4.69) is 9.64 Å². The molecule has 1 aromatic carbocycles. The lowest BCUT2D eigenvalue weighted by Crippen LogP contribution is -2.43. The van der Waals surface area contributed by atoms with Gasteiger partial charge in [0.25, 0.3) is 0 Å². The maximum absolute atomic E-state index is 12.5. The molecular formula is C19H26F2N2O4. The largest absolute Gasteiger partial charge is 0.481 e. The molecule has 0 radical (unpaired) electrons. The molecule has 0 bridgehead atoms. The van der Waals surface area contributed by atoms with Gasteiger partial charge in [-0.2, -0.15) is 8.78 Å². The fraction of sp³-hybridized carbons (Fsp3) is 0.579. The summed E-state index contributed by atoms with van der Waals surface area (Å²) in [6, 6.07) is 6.23. The van der Waals surface area contributed by atoms with E-state index >= 15 is 0 Å². The van der Waals surface area contributed by atoms with Crippen molar-refractivity contribution in [3.05, 3.63) is 29.8 Å². The number of benzene rings is 1. The van der Waals surface area contributed by atoms with Crippen molar-refractivity contribution in [1.82, 2.24) is 9.80 Å². The monoisotopic (exact) mass is 384 g/mol. The summed E-state index contributed by atoms with van der Waals surface area (Å²) in [5, 5.41) is 8.81. The van der Waals surface area contributed by atoms with Crippen molar-refractivity contribution in [3.63, 3.8) is 0 Å². The second-order valence-corrected chi connectivity index (χ2v) is 6.95. The smallest absolute Gasteiger partial charge is 0.387 e. The Morgan fingerprint density at radius 2 is 2.04 bits per heavy atom. The van der Waals surface area contributed by atoms with Crippen LogP contribution in [-0.2, 0) is 16.1 Å². The quantitative estimate of drug-likeness (QED) is 0.709. The van der Waals surface area contributed by atoms with Crippen LogP contribution in [0.4, 0.5) is 8.78 Å². The molecule has 0 saturated carbocycles. The predicted octanol–water partition coefficient (Wildman–Crippen LogP) is 2.82. The van der Waals surface area contributed by atoms with Crippen molar-refractivity contribution in [3.8, 4) is 5.75 Å². The normalized spacial score (nSPS) is 17.7. The van der Waals surface area contributed by atoms with Gasteiger partial charge in [-0.3, -0.25) is 14.5 Å². The summed E-state index contributed by atoms with van der Waals surface area (Å²) in [6.07, 6.45) is 2.77. The van der Waals surface area contributed by atoms with E-state index in [0.717, 1.165) is 31.5 Å². The number of piperidine rings is 1. The number of rotatable bonds is 9. The number of hydrogen-bond acceptors (Lipinski definition) is 4. The molecule has 27 heavy (non-hydrogen) atoms. The SMILES string of the molecule is CN(Cc1ccc(OC(F)F)cc1)C(=O)CN1CCCC(CCC(=O)O)C1. The minimum Gasteiger partial charge on any atom is -0.481 e. The number of aliphatic carboxylic acids is 1. The number of nitrogens with zero attached hydrogens (tertiary/aromatic N) is 2. The van der Waals surface area contributed by atoms with Crippen LogP contribution in [-0.4, -0.2) is 60.1 Å². The van der Waals surface area contributed by atoms with Gasteiger partial charge >= 0.3 is 12.6 Å². The highest BCUT2D eigenvalue weighted by atomic mass is 19.3. The molecule has 150 valence electrons. The van der Waals surface area contributed by atoms with Gasteiger partial charge in [0.15, 0.2) is 0 Å². The second-order valence-electron chi connectivity index (χ2n) is 6.95. The first kappa shape index (κ1) is 21.1. The van der Waals surface area contributed by atoms with Gasteiger partial charge in [0.2, 0.25) is 5.91 Å². The van der Waals surface area contributed by atoms with Crippen LogP contribution in [0.3, 0.4) is 0 Å². The van der Waals surface area contributed by atoms with Crippen LogP contribution in [0.1, 0.15) is 31.2 Å². The number of carboxylic acids is 1. The average Bonchev–Trinajstić information content (AvgIpc) is 2.61. The molecule has 2 rings (SSSR count). The van der Waals surface area contributed by atoms with Crippen LogP contribution < -0.4 is 4.74 Å². The van der Waals surface area contributed by atoms with E-state index in [1.807, 2.05) is 0 Å². The van der Waals surface area contributed by atoms with Gasteiger partial charge in [0.1, 0.15) is 5.75 Å². The Morgan fingerprint density at radius 3 is 2.67 bits per heavy atom. The van der Waals surface area contributed by atoms with Crippen LogP contribution >= 0.6 is 0 Å². The number of halogens is 2. The zero-order valence-corrected chi connectivity index (χ0v) is 15.4. The summed E-state index contributed by atoms with van der Waals surface area (Å²) < 4.78 is 28.6. The highest BCUT2D eigenvalue weighted by Gasteiger charge is 2.23. The number of ether oxygens (including phenoxy) is 1. The number of carbonyl (C=O) groups excluding carboxylic acids is 1. The molecule has 1 unspecified atom stereocenters. The highest BCUT2D eigenvalue weighted by molar-refractivity contribution is 5.78. The van der Waals surface area contributed by atoms with Crippen molar-refractivity contribution in [1.29, 1.82) is 0 Å². The van der Waals surface area contributed by atoms with E-state index in [1.165, 1.54) is 12.1 Å². The number of hydrogen-bond donors (Lipinski definition) is 1. The van der Waals surface area contributed by atoms with E-state index in [0.29, 0.717) is 25.4 Å². The molecule has 0 aromatic heterocycles. The van der Waals surface area contributed by atoms with E-state index in [9.17, 15) is 18.4 Å². The van der Waals surface area contributed by atoms with Crippen molar-refractivity contribution in [2.75, 3.05) is 26.7 Å². The third-order valence-electron chi connectivity index (χ3n) is 4.72. The average molecular weight is 384 g/mol. The van der Waals surface area contributed by atoms with E-state index in [4.69, 9.17) is 5.11 Å². The first-order valence-electron chi connectivity index (χ1n) is 9.05. The van der Waals surface area contributed by atoms with Crippen LogP contribution in [0, 0.1) is 5.92 Å². The molecule has 1 aliphatic rings. The number of likely N-dealkylation sites (N-methyl/N-ethyl adjacent to an activating group) is 1. The molecule has 1 amide bonds. The molecule has 1 aliphatic heterocycles. The molecule has 1 atom stereocenters. The van der Waals surface area contributed by atoms with Crippen molar-refractivity contribution < 1.29 is 28.2 Å². The predicted molar refractivity (Wildman–Crippen MR) is 95.6 cm³/mol. The lowest BCUT2D eigenvalue weighted by atomic mass is 9.93. The molecular weight excluding hydrogens is 358 g/mol. The van der Waals surface area contributed by atoms with Gasteiger partial charge in [0.05, 0.1) is 6.54 Å². The van der Waals surface area contributed by atoms with Gasteiger partial charge in [-0.1, -0.05) is 12.1 Å². The highest BCUT2D eigenvalue weighted by Crippen LogP contribution is 2.21. The zero-order chi connectivity index (χ0) is 19.8. The third-order valence-corrected chi connectivity index (χ3v) is 4.72. The molecule has 0 spiro atoms. The molecule has 1 N–H and O–H groups in total. The van der Waals surface area contributed by atoms with Crippen molar-refractivity contribution in [2.24, 2.45) is 5.92 Å². The molecule has 1 fully saturated rings. The summed E-state index contributed by atoms with van der Waals surface area (Å²) in [4.78, 5) is 26.9. The Morgan fingerprint density at radius 1 is 1.33 bits per heavy atom. The van der Waals surface area contributed by atoms with Crippen LogP contribution in [0.5, 0.6) is 5.75 Å². The number of carbonyl (C=O) groups is 2. The third kappa shape index (κ3) is 7.50. The fourth-order valence-corrected chi connectivity index (χ4v) is 3.31. The van der Waals surface area contributed by atoms with Gasteiger partial charge in [-0.15, -0.1) is 0 Å². The maximum Gasteiger partial charge on any atom is 0.387 e. The van der Waals surface area contributed by atoms with Crippen molar-refractivity contribution in [2.45, 2.75) is 38.8 Å². The van der Waals surface area contributed by atoms with E-state index < -0.39 is 12.6 Å². The minimum atomic E-state index is -2.86. The lowest BCUT2D eigenvalue weighted by Gasteiger charge is -2.33. The van der Waals surface area contributed by atoms with Gasteiger partial charge < -0.3 is 14.7 Å². The Labute approximate surface area is 157 Å². The zero-order valence-electron chi connectivity index (χ0n) is 15.4.